The highest BCUT2D eigenvalue weighted by Crippen LogP contribution is 2.38. The van der Waals surface area contributed by atoms with Crippen molar-refractivity contribution in [2.75, 3.05) is 16.8 Å². The molecule has 2 rings (SSSR count). The van der Waals surface area contributed by atoms with Crippen LogP contribution >= 0.6 is 0 Å². The molecular weight excluding hydrogens is 203 g/mol. The number of anilines is 2. The van der Waals surface area contributed by atoms with Crippen molar-refractivity contribution in [2.24, 2.45) is 0 Å². The van der Waals surface area contributed by atoms with E-state index < -0.39 is 0 Å². The van der Waals surface area contributed by atoms with Crippen LogP contribution in [0.4, 0.5) is 15.8 Å². The summed E-state index contributed by atoms with van der Waals surface area (Å²) in [5.41, 5.74) is 1.61. The molecule has 1 aliphatic rings. The third kappa shape index (κ3) is 1.64. The average molecular weight is 222 g/mol. The van der Waals surface area contributed by atoms with Crippen LogP contribution < -0.4 is 10.2 Å². The summed E-state index contributed by atoms with van der Waals surface area (Å²) in [4.78, 5) is 2.28. The van der Waals surface area contributed by atoms with Gasteiger partial charge in [0.25, 0.3) is 0 Å². The van der Waals surface area contributed by atoms with E-state index in [1.165, 1.54) is 6.07 Å². The number of benzene rings is 1. The second-order valence-corrected chi connectivity index (χ2v) is 5.26. The summed E-state index contributed by atoms with van der Waals surface area (Å²) < 4.78 is 13.7. The first-order valence-corrected chi connectivity index (χ1v) is 5.75. The molecule has 0 aliphatic carbocycles. The van der Waals surface area contributed by atoms with Crippen LogP contribution in [0.15, 0.2) is 18.2 Å². The molecule has 0 unspecified atom stereocenters. The van der Waals surface area contributed by atoms with Gasteiger partial charge in [0.05, 0.1) is 16.9 Å². The number of nitrogens with one attached hydrogen (secondary N) is 1. The van der Waals surface area contributed by atoms with Crippen LogP contribution in [0.1, 0.15) is 27.7 Å². The fourth-order valence-corrected chi connectivity index (χ4v) is 2.58. The molecule has 0 amide bonds. The lowest BCUT2D eigenvalue weighted by Gasteiger charge is -2.48. The van der Waals surface area contributed by atoms with Crippen molar-refractivity contribution < 1.29 is 4.39 Å². The van der Waals surface area contributed by atoms with E-state index in [1.54, 1.807) is 6.07 Å². The molecule has 1 aromatic rings. The van der Waals surface area contributed by atoms with Crippen LogP contribution in [0.2, 0.25) is 0 Å². The third-order valence-electron chi connectivity index (χ3n) is 3.12. The maximum absolute atomic E-state index is 13.7. The summed E-state index contributed by atoms with van der Waals surface area (Å²) in [5, 5.41) is 3.19. The second-order valence-electron chi connectivity index (χ2n) is 5.26. The van der Waals surface area contributed by atoms with Gasteiger partial charge in [0.1, 0.15) is 5.82 Å². The summed E-state index contributed by atoms with van der Waals surface area (Å²) in [6, 6.07) is 5.61. The number of fused-ring (bicyclic) bond motifs is 1. The van der Waals surface area contributed by atoms with Gasteiger partial charge in [0.2, 0.25) is 0 Å². The predicted octanol–water partition coefficient (Wildman–Crippen LogP) is 3.24. The molecule has 0 spiro atoms. The lowest BCUT2D eigenvalue weighted by Crippen LogP contribution is -2.55. The fraction of sp³-hybridized carbons (Fsp3) is 0.538. The quantitative estimate of drug-likeness (QED) is 0.784. The Morgan fingerprint density at radius 1 is 1.38 bits per heavy atom. The molecule has 1 aliphatic heterocycles. The minimum atomic E-state index is -0.168. The second kappa shape index (κ2) is 3.65. The van der Waals surface area contributed by atoms with E-state index in [2.05, 4.69) is 37.9 Å². The largest absolute Gasteiger partial charge is 0.379 e. The molecule has 0 bridgehead atoms. The van der Waals surface area contributed by atoms with Crippen molar-refractivity contribution in [2.45, 2.75) is 39.3 Å². The van der Waals surface area contributed by atoms with Gasteiger partial charge < -0.3 is 10.2 Å². The number of nitrogens with zero attached hydrogens (tertiary/aromatic N) is 1. The Bertz CT molecular complexity index is 399. The van der Waals surface area contributed by atoms with Gasteiger partial charge in [0, 0.05) is 12.6 Å². The van der Waals surface area contributed by atoms with Crippen molar-refractivity contribution in [3.05, 3.63) is 24.0 Å². The minimum absolute atomic E-state index is 0.00889. The lowest BCUT2D eigenvalue weighted by atomic mass is 9.95. The maximum atomic E-state index is 13.7. The van der Waals surface area contributed by atoms with Gasteiger partial charge in [-0.25, -0.2) is 4.39 Å². The van der Waals surface area contributed by atoms with E-state index in [0.717, 1.165) is 12.2 Å². The zero-order chi connectivity index (χ0) is 11.9. The normalized spacial score (nSPS) is 18.2. The Morgan fingerprint density at radius 2 is 2.06 bits per heavy atom. The van der Waals surface area contributed by atoms with E-state index in [0.29, 0.717) is 11.7 Å². The number of hydrogen-bond donors (Lipinski definition) is 1. The third-order valence-corrected chi connectivity index (χ3v) is 3.12. The van der Waals surface area contributed by atoms with Crippen molar-refractivity contribution in [3.8, 4) is 0 Å². The first-order chi connectivity index (χ1) is 7.43. The molecule has 0 atom stereocenters. The van der Waals surface area contributed by atoms with Gasteiger partial charge in [-0.05, 0) is 39.8 Å². The SMILES string of the molecule is CC(C)N1c2cccc(F)c2NCC1(C)C. The lowest BCUT2D eigenvalue weighted by molar-refractivity contribution is 0.436. The maximum Gasteiger partial charge on any atom is 0.148 e. The fourth-order valence-electron chi connectivity index (χ4n) is 2.58. The van der Waals surface area contributed by atoms with Crippen LogP contribution in [-0.4, -0.2) is 18.1 Å². The Balaban J connectivity index is 2.54. The zero-order valence-corrected chi connectivity index (χ0v) is 10.3. The molecule has 16 heavy (non-hydrogen) atoms. The molecule has 0 saturated heterocycles. The highest BCUT2D eigenvalue weighted by Gasteiger charge is 2.35. The van der Waals surface area contributed by atoms with Gasteiger partial charge in [-0.3, -0.25) is 0 Å². The first-order valence-electron chi connectivity index (χ1n) is 5.75. The number of halogens is 1. The van der Waals surface area contributed by atoms with Crippen molar-refractivity contribution >= 4 is 11.4 Å². The summed E-state index contributed by atoms with van der Waals surface area (Å²) >= 11 is 0. The Labute approximate surface area is 96.5 Å². The smallest absolute Gasteiger partial charge is 0.148 e. The number of para-hydroxylation sites is 1. The van der Waals surface area contributed by atoms with Gasteiger partial charge in [0.15, 0.2) is 0 Å². The monoisotopic (exact) mass is 222 g/mol. The van der Waals surface area contributed by atoms with Gasteiger partial charge in [-0.15, -0.1) is 0 Å². The summed E-state index contributed by atoms with van der Waals surface area (Å²) in [6.07, 6.45) is 0. The van der Waals surface area contributed by atoms with Crippen LogP contribution in [0, 0.1) is 5.82 Å². The highest BCUT2D eigenvalue weighted by molar-refractivity contribution is 5.74. The molecule has 0 aromatic heterocycles. The Hall–Kier alpha value is -1.25. The molecule has 3 heteroatoms. The van der Waals surface area contributed by atoms with E-state index >= 15 is 0 Å². The molecule has 0 fully saturated rings. The number of hydrogen-bond acceptors (Lipinski definition) is 2. The molecule has 1 heterocycles. The van der Waals surface area contributed by atoms with Crippen LogP contribution in [-0.2, 0) is 0 Å². The van der Waals surface area contributed by atoms with E-state index in [1.807, 2.05) is 6.07 Å². The average Bonchev–Trinajstić information content (AvgIpc) is 2.15. The standard InChI is InChI=1S/C13H19FN2/c1-9(2)16-11-7-5-6-10(14)12(11)15-8-13(16,3)4/h5-7,9,15H,8H2,1-4H3. The molecule has 1 aromatic carbocycles. The van der Waals surface area contributed by atoms with Crippen molar-refractivity contribution in [1.29, 1.82) is 0 Å². The summed E-state index contributed by atoms with van der Waals surface area (Å²) in [7, 11) is 0. The predicted molar refractivity (Wildman–Crippen MR) is 66.6 cm³/mol. The molecule has 1 N–H and O–H groups in total. The first kappa shape index (κ1) is 11.2. The van der Waals surface area contributed by atoms with Crippen LogP contribution in [0.25, 0.3) is 0 Å². The van der Waals surface area contributed by atoms with Crippen LogP contribution in [0.5, 0.6) is 0 Å². The summed E-state index contributed by atoms with van der Waals surface area (Å²) in [5.74, 6) is -0.168. The van der Waals surface area contributed by atoms with Crippen LogP contribution in [0.3, 0.4) is 0 Å². The molecule has 0 radical (unpaired) electrons. The molecular formula is C13H19FN2. The van der Waals surface area contributed by atoms with Crippen molar-refractivity contribution in [1.82, 2.24) is 0 Å². The number of rotatable bonds is 1. The highest BCUT2D eigenvalue weighted by atomic mass is 19.1. The molecule has 88 valence electrons. The Morgan fingerprint density at radius 3 is 2.69 bits per heavy atom. The van der Waals surface area contributed by atoms with Gasteiger partial charge in [-0.2, -0.15) is 0 Å². The molecule has 0 saturated carbocycles. The van der Waals surface area contributed by atoms with Gasteiger partial charge >= 0.3 is 0 Å². The Kier molecular flexibility index (Phi) is 2.56. The van der Waals surface area contributed by atoms with E-state index in [9.17, 15) is 4.39 Å². The molecule has 2 nitrogen and oxygen atoms in total. The van der Waals surface area contributed by atoms with Crippen molar-refractivity contribution in [3.63, 3.8) is 0 Å². The van der Waals surface area contributed by atoms with Gasteiger partial charge in [-0.1, -0.05) is 6.07 Å². The van der Waals surface area contributed by atoms with E-state index in [4.69, 9.17) is 0 Å². The summed E-state index contributed by atoms with van der Waals surface area (Å²) in [6.45, 7) is 9.39. The van der Waals surface area contributed by atoms with E-state index in [-0.39, 0.29) is 11.4 Å². The zero-order valence-electron chi connectivity index (χ0n) is 10.3. The topological polar surface area (TPSA) is 15.3 Å². The minimum Gasteiger partial charge on any atom is -0.379 e.